The van der Waals surface area contributed by atoms with Gasteiger partial charge in [0.25, 0.3) is 0 Å². The number of nitrogens with zero attached hydrogens (tertiary/aromatic N) is 1. The molecule has 1 saturated heterocycles. The first-order valence-corrected chi connectivity index (χ1v) is 7.33. The second-order valence-corrected chi connectivity index (χ2v) is 6.19. The average molecular weight is 236 g/mol. The van der Waals surface area contributed by atoms with Gasteiger partial charge in [0.15, 0.2) is 0 Å². The summed E-state index contributed by atoms with van der Waals surface area (Å²) in [5.41, 5.74) is 0. The lowest BCUT2D eigenvalue weighted by Gasteiger charge is -2.28. The van der Waals surface area contributed by atoms with Crippen LogP contribution in [0.4, 0.5) is 0 Å². The first-order chi connectivity index (χ1) is 8.31. The molecule has 3 nitrogen and oxygen atoms in total. The largest absolute Gasteiger partial charge is 0.352 e. The fourth-order valence-corrected chi connectivity index (χ4v) is 3.99. The van der Waals surface area contributed by atoms with E-state index < -0.39 is 0 Å². The molecule has 0 aromatic rings. The maximum absolute atomic E-state index is 12.0. The summed E-state index contributed by atoms with van der Waals surface area (Å²) in [6, 6.07) is 0.506. The first-order valence-electron chi connectivity index (χ1n) is 7.33. The van der Waals surface area contributed by atoms with Crippen molar-refractivity contribution in [2.75, 3.05) is 19.6 Å². The van der Waals surface area contributed by atoms with E-state index in [9.17, 15) is 4.79 Å². The SMILES string of the molecule is O=C(CN1CCCCC1)NC1CC2CCC1C2. The van der Waals surface area contributed by atoms with Gasteiger partial charge in [-0.05, 0) is 57.0 Å². The van der Waals surface area contributed by atoms with Gasteiger partial charge in [-0.3, -0.25) is 9.69 Å². The Bertz CT molecular complexity index is 286. The van der Waals surface area contributed by atoms with Crippen molar-refractivity contribution < 1.29 is 4.79 Å². The van der Waals surface area contributed by atoms with Crippen LogP contribution in [0, 0.1) is 11.8 Å². The highest BCUT2D eigenvalue weighted by atomic mass is 16.2. The van der Waals surface area contributed by atoms with Crippen molar-refractivity contribution >= 4 is 5.91 Å². The van der Waals surface area contributed by atoms with Crippen LogP contribution in [-0.4, -0.2) is 36.5 Å². The van der Waals surface area contributed by atoms with Crippen molar-refractivity contribution in [1.29, 1.82) is 0 Å². The molecule has 17 heavy (non-hydrogen) atoms. The molecular weight excluding hydrogens is 212 g/mol. The van der Waals surface area contributed by atoms with Crippen LogP contribution in [0.25, 0.3) is 0 Å². The number of carbonyl (C=O) groups is 1. The Hall–Kier alpha value is -0.570. The number of hydrogen-bond donors (Lipinski definition) is 1. The van der Waals surface area contributed by atoms with Gasteiger partial charge in [-0.2, -0.15) is 0 Å². The highest BCUT2D eigenvalue weighted by molar-refractivity contribution is 5.78. The molecule has 3 fully saturated rings. The number of fused-ring (bicyclic) bond motifs is 2. The van der Waals surface area contributed by atoms with E-state index in [2.05, 4.69) is 10.2 Å². The number of piperidine rings is 1. The lowest BCUT2D eigenvalue weighted by atomic mass is 9.95. The van der Waals surface area contributed by atoms with Crippen LogP contribution in [0.1, 0.15) is 44.9 Å². The van der Waals surface area contributed by atoms with E-state index >= 15 is 0 Å². The summed E-state index contributed by atoms with van der Waals surface area (Å²) in [6.45, 7) is 2.86. The third-order valence-corrected chi connectivity index (χ3v) is 4.90. The predicted octanol–water partition coefficient (Wildman–Crippen LogP) is 1.78. The Morgan fingerprint density at radius 3 is 2.59 bits per heavy atom. The average Bonchev–Trinajstić information content (AvgIpc) is 2.92. The van der Waals surface area contributed by atoms with E-state index in [1.165, 1.54) is 44.9 Å². The highest BCUT2D eigenvalue weighted by Crippen LogP contribution is 2.44. The van der Waals surface area contributed by atoms with Crippen LogP contribution in [-0.2, 0) is 4.79 Å². The minimum absolute atomic E-state index is 0.268. The molecule has 2 saturated carbocycles. The molecule has 2 bridgehead atoms. The number of likely N-dealkylation sites (tertiary alicyclic amines) is 1. The normalized spacial score (nSPS) is 37.3. The molecule has 3 unspecified atom stereocenters. The molecular formula is C14H24N2O. The van der Waals surface area contributed by atoms with Crippen molar-refractivity contribution in [3.05, 3.63) is 0 Å². The molecule has 3 atom stereocenters. The molecule has 1 amide bonds. The Morgan fingerprint density at radius 2 is 1.94 bits per heavy atom. The Labute approximate surface area is 104 Å². The smallest absolute Gasteiger partial charge is 0.234 e. The molecule has 3 aliphatic rings. The lowest BCUT2D eigenvalue weighted by molar-refractivity contribution is -0.123. The molecule has 0 aromatic carbocycles. The van der Waals surface area contributed by atoms with E-state index in [1.807, 2.05) is 0 Å². The number of amides is 1. The molecule has 0 aromatic heterocycles. The number of carbonyl (C=O) groups excluding carboxylic acids is 1. The third-order valence-electron chi connectivity index (χ3n) is 4.90. The minimum Gasteiger partial charge on any atom is -0.352 e. The fraction of sp³-hybridized carbons (Fsp3) is 0.929. The number of hydrogen-bond acceptors (Lipinski definition) is 2. The Balaban J connectivity index is 1.44. The number of rotatable bonds is 3. The van der Waals surface area contributed by atoms with Gasteiger partial charge in [-0.15, -0.1) is 0 Å². The minimum atomic E-state index is 0.268. The highest BCUT2D eigenvalue weighted by Gasteiger charge is 2.40. The molecule has 3 rings (SSSR count). The standard InChI is InChI=1S/C14H24N2O/c17-14(10-16-6-2-1-3-7-16)15-13-9-11-4-5-12(13)8-11/h11-13H,1-10H2,(H,15,17). The summed E-state index contributed by atoms with van der Waals surface area (Å²) < 4.78 is 0. The van der Waals surface area contributed by atoms with Gasteiger partial charge in [0.2, 0.25) is 5.91 Å². The van der Waals surface area contributed by atoms with Crippen LogP contribution < -0.4 is 5.32 Å². The van der Waals surface area contributed by atoms with Crippen LogP contribution in [0.2, 0.25) is 0 Å². The second kappa shape index (κ2) is 4.97. The maximum Gasteiger partial charge on any atom is 0.234 e. The van der Waals surface area contributed by atoms with E-state index in [1.54, 1.807) is 0 Å². The summed E-state index contributed by atoms with van der Waals surface area (Å²) in [5.74, 6) is 1.98. The van der Waals surface area contributed by atoms with Crippen LogP contribution in [0.15, 0.2) is 0 Å². The third kappa shape index (κ3) is 2.65. The number of nitrogens with one attached hydrogen (secondary N) is 1. The zero-order valence-corrected chi connectivity index (χ0v) is 10.7. The van der Waals surface area contributed by atoms with Crippen LogP contribution >= 0.6 is 0 Å². The van der Waals surface area contributed by atoms with Gasteiger partial charge in [-0.25, -0.2) is 0 Å². The molecule has 0 spiro atoms. The molecule has 1 N–H and O–H groups in total. The molecule has 1 aliphatic heterocycles. The van der Waals surface area contributed by atoms with Crippen molar-refractivity contribution in [1.82, 2.24) is 10.2 Å². The lowest BCUT2D eigenvalue weighted by Crippen LogP contribution is -2.45. The van der Waals surface area contributed by atoms with Crippen molar-refractivity contribution in [3.63, 3.8) is 0 Å². The van der Waals surface area contributed by atoms with Gasteiger partial charge in [-0.1, -0.05) is 12.8 Å². The van der Waals surface area contributed by atoms with E-state index in [0.29, 0.717) is 12.6 Å². The Kier molecular flexibility index (Phi) is 3.37. The summed E-state index contributed by atoms with van der Waals surface area (Å²) in [6.07, 6.45) is 9.24. The van der Waals surface area contributed by atoms with E-state index in [-0.39, 0.29) is 5.91 Å². The summed E-state index contributed by atoms with van der Waals surface area (Å²) in [4.78, 5) is 14.3. The predicted molar refractivity (Wildman–Crippen MR) is 67.7 cm³/mol. The monoisotopic (exact) mass is 236 g/mol. The van der Waals surface area contributed by atoms with Gasteiger partial charge < -0.3 is 5.32 Å². The van der Waals surface area contributed by atoms with E-state index in [4.69, 9.17) is 0 Å². The molecule has 96 valence electrons. The zero-order valence-electron chi connectivity index (χ0n) is 10.7. The van der Waals surface area contributed by atoms with Crippen LogP contribution in [0.3, 0.4) is 0 Å². The van der Waals surface area contributed by atoms with Crippen molar-refractivity contribution in [2.45, 2.75) is 51.0 Å². The molecule has 2 aliphatic carbocycles. The molecule has 1 heterocycles. The van der Waals surface area contributed by atoms with Gasteiger partial charge in [0.1, 0.15) is 0 Å². The second-order valence-electron chi connectivity index (χ2n) is 6.19. The summed E-state index contributed by atoms with van der Waals surface area (Å²) >= 11 is 0. The molecule has 3 heteroatoms. The maximum atomic E-state index is 12.0. The van der Waals surface area contributed by atoms with Gasteiger partial charge >= 0.3 is 0 Å². The fourth-order valence-electron chi connectivity index (χ4n) is 3.99. The van der Waals surface area contributed by atoms with Gasteiger partial charge in [0.05, 0.1) is 6.54 Å². The topological polar surface area (TPSA) is 32.3 Å². The van der Waals surface area contributed by atoms with Crippen LogP contribution in [0.5, 0.6) is 0 Å². The zero-order chi connectivity index (χ0) is 11.7. The van der Waals surface area contributed by atoms with E-state index in [0.717, 1.165) is 24.9 Å². The van der Waals surface area contributed by atoms with Gasteiger partial charge in [0, 0.05) is 6.04 Å². The molecule has 0 radical (unpaired) electrons. The summed E-state index contributed by atoms with van der Waals surface area (Å²) in [7, 11) is 0. The van der Waals surface area contributed by atoms with Crippen molar-refractivity contribution in [3.8, 4) is 0 Å². The Morgan fingerprint density at radius 1 is 1.12 bits per heavy atom. The summed E-state index contributed by atoms with van der Waals surface area (Å²) in [5, 5.41) is 3.28. The quantitative estimate of drug-likeness (QED) is 0.810. The van der Waals surface area contributed by atoms with Crippen molar-refractivity contribution in [2.24, 2.45) is 11.8 Å². The first kappa shape index (κ1) is 11.5.